The predicted molar refractivity (Wildman–Crippen MR) is 71.5 cm³/mol. The Bertz CT molecular complexity index is 397. The molecule has 1 aromatic heterocycles. The van der Waals surface area contributed by atoms with Crippen molar-refractivity contribution < 1.29 is 9.84 Å². The minimum absolute atomic E-state index is 0.512. The number of hydrogen-bond donors (Lipinski definition) is 1. The number of aliphatic hydroxyl groups excluding tert-OH is 1. The minimum Gasteiger partial charge on any atom is -0.481 e. The monoisotopic (exact) mass is 247 g/mol. The van der Waals surface area contributed by atoms with Crippen LogP contribution in [0.5, 0.6) is 5.88 Å². The van der Waals surface area contributed by atoms with Crippen molar-refractivity contribution in [3.8, 4) is 5.88 Å². The van der Waals surface area contributed by atoms with Crippen LogP contribution in [0.25, 0.3) is 0 Å². The van der Waals surface area contributed by atoms with E-state index in [9.17, 15) is 5.11 Å². The van der Waals surface area contributed by atoms with Gasteiger partial charge in [0.2, 0.25) is 5.88 Å². The highest BCUT2D eigenvalue weighted by molar-refractivity contribution is 5.26. The fourth-order valence-electron chi connectivity index (χ4n) is 2.35. The molecule has 1 atom stereocenters. The van der Waals surface area contributed by atoms with Crippen LogP contribution in [0.15, 0.2) is 30.0 Å². The summed E-state index contributed by atoms with van der Waals surface area (Å²) in [5.41, 5.74) is 1.99. The number of nitrogens with zero attached hydrogens (tertiary/aromatic N) is 1. The molecule has 0 aliphatic heterocycles. The van der Waals surface area contributed by atoms with Crippen molar-refractivity contribution in [1.29, 1.82) is 0 Å². The number of allylic oxidation sites excluding steroid dienone is 1. The van der Waals surface area contributed by atoms with E-state index in [1.807, 2.05) is 6.07 Å². The zero-order valence-corrected chi connectivity index (χ0v) is 10.9. The van der Waals surface area contributed by atoms with Gasteiger partial charge in [-0.3, -0.25) is 0 Å². The van der Waals surface area contributed by atoms with E-state index in [2.05, 4.69) is 11.1 Å². The Kier molecular flexibility index (Phi) is 4.76. The van der Waals surface area contributed by atoms with Crippen molar-refractivity contribution in [2.24, 2.45) is 0 Å². The molecule has 3 heteroatoms. The number of ether oxygens (including phenoxy) is 1. The van der Waals surface area contributed by atoms with Crippen LogP contribution in [0, 0.1) is 0 Å². The smallest absolute Gasteiger partial charge is 0.212 e. The Labute approximate surface area is 109 Å². The summed E-state index contributed by atoms with van der Waals surface area (Å²) in [5, 5.41) is 10.4. The normalized spacial score (nSPS) is 21.3. The molecule has 0 bridgehead atoms. The van der Waals surface area contributed by atoms with Crippen LogP contribution in [0.1, 0.15) is 50.2 Å². The van der Waals surface area contributed by atoms with Crippen molar-refractivity contribution in [3.63, 3.8) is 0 Å². The van der Waals surface area contributed by atoms with Crippen molar-refractivity contribution >= 4 is 0 Å². The van der Waals surface area contributed by atoms with Crippen LogP contribution < -0.4 is 4.74 Å². The maximum atomic E-state index is 10.4. The Hall–Kier alpha value is -1.35. The molecule has 1 unspecified atom stereocenters. The summed E-state index contributed by atoms with van der Waals surface area (Å²) in [5.74, 6) is 0.581. The molecule has 1 aliphatic carbocycles. The number of rotatable bonds is 3. The molecule has 1 aliphatic rings. The molecule has 0 saturated heterocycles. The largest absolute Gasteiger partial charge is 0.481 e. The van der Waals surface area contributed by atoms with Gasteiger partial charge in [0.1, 0.15) is 6.10 Å². The second kappa shape index (κ2) is 6.55. The lowest BCUT2D eigenvalue weighted by atomic mass is 9.93. The van der Waals surface area contributed by atoms with Gasteiger partial charge in [0.15, 0.2) is 0 Å². The molecule has 2 rings (SSSR count). The Balaban J connectivity index is 2.10. The summed E-state index contributed by atoms with van der Waals surface area (Å²) in [6, 6.07) is 3.68. The topological polar surface area (TPSA) is 42.4 Å². The number of aromatic nitrogens is 1. The van der Waals surface area contributed by atoms with Crippen LogP contribution in [0.2, 0.25) is 0 Å². The van der Waals surface area contributed by atoms with Gasteiger partial charge in [-0.2, -0.15) is 0 Å². The van der Waals surface area contributed by atoms with Gasteiger partial charge in [-0.1, -0.05) is 18.9 Å². The first-order chi connectivity index (χ1) is 8.81. The summed E-state index contributed by atoms with van der Waals surface area (Å²) in [4.78, 5) is 4.15. The first-order valence-corrected chi connectivity index (χ1v) is 6.68. The molecular formula is C15H21NO2. The van der Waals surface area contributed by atoms with Crippen molar-refractivity contribution in [1.82, 2.24) is 4.98 Å². The quantitative estimate of drug-likeness (QED) is 0.832. The second-order valence-corrected chi connectivity index (χ2v) is 4.77. The Morgan fingerprint density at radius 1 is 1.22 bits per heavy atom. The first kappa shape index (κ1) is 13.1. The molecule has 18 heavy (non-hydrogen) atoms. The second-order valence-electron chi connectivity index (χ2n) is 4.77. The molecule has 1 aromatic rings. The average Bonchev–Trinajstić information content (AvgIpc) is 2.38. The summed E-state index contributed by atoms with van der Waals surface area (Å²) in [6.45, 7) is 0. The molecule has 0 aromatic carbocycles. The Morgan fingerprint density at radius 2 is 2.06 bits per heavy atom. The van der Waals surface area contributed by atoms with Crippen LogP contribution in [-0.2, 0) is 0 Å². The zero-order valence-electron chi connectivity index (χ0n) is 10.9. The third-order valence-corrected chi connectivity index (χ3v) is 3.46. The highest BCUT2D eigenvalue weighted by Gasteiger charge is 2.14. The van der Waals surface area contributed by atoms with E-state index in [1.54, 1.807) is 19.4 Å². The average molecular weight is 247 g/mol. The van der Waals surface area contributed by atoms with Crippen LogP contribution >= 0.6 is 0 Å². The predicted octanol–water partition coefficient (Wildman–Crippen LogP) is 3.40. The molecule has 0 saturated carbocycles. The van der Waals surface area contributed by atoms with Gasteiger partial charge in [-0.05, 0) is 37.3 Å². The van der Waals surface area contributed by atoms with Crippen molar-refractivity contribution in [2.75, 3.05) is 7.11 Å². The molecular weight excluding hydrogens is 226 g/mol. The minimum atomic E-state index is -0.512. The van der Waals surface area contributed by atoms with E-state index in [4.69, 9.17) is 4.74 Å². The summed E-state index contributed by atoms with van der Waals surface area (Å²) < 4.78 is 5.02. The SMILES string of the molecule is COc1ccc(C(O)/C2=C/CCCCCC2)cn1. The van der Waals surface area contributed by atoms with Crippen molar-refractivity contribution in [3.05, 3.63) is 35.5 Å². The lowest BCUT2D eigenvalue weighted by molar-refractivity contribution is 0.208. The molecule has 0 radical (unpaired) electrons. The fraction of sp³-hybridized carbons (Fsp3) is 0.533. The van der Waals surface area contributed by atoms with E-state index in [0.29, 0.717) is 5.88 Å². The third-order valence-electron chi connectivity index (χ3n) is 3.46. The first-order valence-electron chi connectivity index (χ1n) is 6.68. The van der Waals surface area contributed by atoms with E-state index < -0.39 is 6.10 Å². The lowest BCUT2D eigenvalue weighted by Crippen LogP contribution is -2.04. The zero-order chi connectivity index (χ0) is 12.8. The highest BCUT2D eigenvalue weighted by atomic mass is 16.5. The number of aliphatic hydroxyl groups is 1. The van der Waals surface area contributed by atoms with Gasteiger partial charge in [0.05, 0.1) is 7.11 Å². The number of hydrogen-bond acceptors (Lipinski definition) is 3. The van der Waals surface area contributed by atoms with Gasteiger partial charge in [0, 0.05) is 17.8 Å². The maximum absolute atomic E-state index is 10.4. The Morgan fingerprint density at radius 3 is 2.78 bits per heavy atom. The van der Waals surface area contributed by atoms with Gasteiger partial charge in [-0.25, -0.2) is 4.98 Å². The molecule has 0 fully saturated rings. The molecule has 98 valence electrons. The summed E-state index contributed by atoms with van der Waals surface area (Å²) >= 11 is 0. The van der Waals surface area contributed by atoms with Gasteiger partial charge < -0.3 is 9.84 Å². The molecule has 0 spiro atoms. The van der Waals surface area contributed by atoms with E-state index in [-0.39, 0.29) is 0 Å². The van der Waals surface area contributed by atoms with Crippen LogP contribution in [0.4, 0.5) is 0 Å². The molecule has 0 amide bonds. The summed E-state index contributed by atoms with van der Waals surface area (Å²) in [7, 11) is 1.59. The third kappa shape index (κ3) is 3.33. The maximum Gasteiger partial charge on any atom is 0.212 e. The van der Waals surface area contributed by atoms with E-state index in [0.717, 1.165) is 24.0 Å². The van der Waals surface area contributed by atoms with Gasteiger partial charge >= 0.3 is 0 Å². The number of pyridine rings is 1. The molecule has 1 N–H and O–H groups in total. The summed E-state index contributed by atoms with van der Waals surface area (Å²) in [6.07, 6.45) is 10.4. The van der Waals surface area contributed by atoms with Crippen LogP contribution in [0.3, 0.4) is 0 Å². The molecule has 1 heterocycles. The van der Waals surface area contributed by atoms with Gasteiger partial charge in [-0.15, -0.1) is 0 Å². The fourth-order valence-corrected chi connectivity index (χ4v) is 2.35. The van der Waals surface area contributed by atoms with Crippen molar-refractivity contribution in [2.45, 2.75) is 44.6 Å². The standard InChI is InChI=1S/C15H21NO2/c1-18-14-10-9-13(11-16-14)15(17)12-7-5-3-2-4-6-8-12/h7,9-11,15,17H,2-6,8H2,1H3/b12-7+. The lowest BCUT2D eigenvalue weighted by Gasteiger charge is -2.17. The van der Waals surface area contributed by atoms with Crippen LogP contribution in [-0.4, -0.2) is 17.2 Å². The van der Waals surface area contributed by atoms with E-state index in [1.165, 1.54) is 25.7 Å². The van der Waals surface area contributed by atoms with E-state index >= 15 is 0 Å². The van der Waals surface area contributed by atoms with Gasteiger partial charge in [0.25, 0.3) is 0 Å². The molecule has 3 nitrogen and oxygen atoms in total. The number of methoxy groups -OCH3 is 1. The highest BCUT2D eigenvalue weighted by Crippen LogP contribution is 2.28.